The molecular formula is C18H21N2O6+. The number of methoxy groups -OCH3 is 3. The second-order valence-electron chi connectivity index (χ2n) is 5.10. The quantitative estimate of drug-likeness (QED) is 0.559. The number of pyridine rings is 1. The van der Waals surface area contributed by atoms with E-state index in [-0.39, 0.29) is 24.6 Å². The van der Waals surface area contributed by atoms with Crippen molar-refractivity contribution in [3.05, 3.63) is 47.8 Å². The van der Waals surface area contributed by atoms with Crippen LogP contribution in [0, 0.1) is 0 Å². The summed E-state index contributed by atoms with van der Waals surface area (Å²) in [6.07, 6.45) is 3.28. The molecule has 0 spiro atoms. The lowest BCUT2D eigenvalue weighted by Gasteiger charge is -2.13. The van der Waals surface area contributed by atoms with Crippen molar-refractivity contribution in [1.82, 2.24) is 5.32 Å². The first-order chi connectivity index (χ1) is 12.6. The Kier molecular flexibility index (Phi) is 6.78. The second kappa shape index (κ2) is 9.26. The highest BCUT2D eigenvalue weighted by Crippen LogP contribution is 2.38. The third-order valence-corrected chi connectivity index (χ3v) is 3.49. The van der Waals surface area contributed by atoms with Crippen LogP contribution in [0.25, 0.3) is 0 Å². The van der Waals surface area contributed by atoms with E-state index in [1.54, 1.807) is 24.5 Å². The summed E-state index contributed by atoms with van der Waals surface area (Å²) < 4.78 is 20.8. The minimum atomic E-state index is -0.563. The molecule has 0 fully saturated rings. The van der Waals surface area contributed by atoms with Gasteiger partial charge in [0.2, 0.25) is 5.75 Å². The number of amides is 1. The Morgan fingerprint density at radius 3 is 2.27 bits per heavy atom. The summed E-state index contributed by atoms with van der Waals surface area (Å²) in [6.45, 7) is 0.210. The van der Waals surface area contributed by atoms with Gasteiger partial charge in [0.05, 0.1) is 33.4 Å². The minimum absolute atomic E-state index is 0.0256. The number of carbonyl (C=O) groups excluding carboxylic acids is 2. The van der Waals surface area contributed by atoms with E-state index in [1.165, 1.54) is 33.5 Å². The van der Waals surface area contributed by atoms with Gasteiger partial charge in [-0.05, 0) is 18.2 Å². The molecule has 1 aromatic heterocycles. The van der Waals surface area contributed by atoms with Crippen LogP contribution in [0.4, 0.5) is 0 Å². The molecule has 1 heterocycles. The highest BCUT2D eigenvalue weighted by atomic mass is 16.5. The van der Waals surface area contributed by atoms with Gasteiger partial charge in [-0.3, -0.25) is 4.79 Å². The maximum atomic E-state index is 12.2. The Morgan fingerprint density at radius 2 is 1.73 bits per heavy atom. The molecule has 2 N–H and O–H groups in total. The highest BCUT2D eigenvalue weighted by Gasteiger charge is 2.18. The third kappa shape index (κ3) is 4.62. The third-order valence-electron chi connectivity index (χ3n) is 3.49. The molecule has 0 bridgehead atoms. The van der Waals surface area contributed by atoms with E-state index in [9.17, 15) is 9.59 Å². The first kappa shape index (κ1) is 19.0. The average Bonchev–Trinajstić information content (AvgIpc) is 2.70. The molecule has 2 rings (SSSR count). The molecule has 1 amide bonds. The largest absolute Gasteiger partial charge is 0.493 e. The number of nitrogens with one attached hydrogen (secondary N) is 2. The summed E-state index contributed by atoms with van der Waals surface area (Å²) in [5.74, 6) is 0.274. The molecule has 0 radical (unpaired) electrons. The van der Waals surface area contributed by atoms with Crippen LogP contribution in [0.1, 0.15) is 20.7 Å². The zero-order valence-electron chi connectivity index (χ0n) is 14.8. The predicted molar refractivity (Wildman–Crippen MR) is 91.7 cm³/mol. The van der Waals surface area contributed by atoms with E-state index in [0.29, 0.717) is 22.8 Å². The van der Waals surface area contributed by atoms with Crippen molar-refractivity contribution < 1.29 is 33.5 Å². The number of carbonyl (C=O) groups is 2. The maximum absolute atomic E-state index is 12.2. The smallest absolute Gasteiger partial charge is 0.338 e. The molecule has 8 heteroatoms. The van der Waals surface area contributed by atoms with Crippen molar-refractivity contribution in [3.8, 4) is 17.2 Å². The first-order valence-corrected chi connectivity index (χ1v) is 7.82. The Bertz CT molecular complexity index is 739. The molecule has 0 unspecified atom stereocenters. The Labute approximate surface area is 151 Å². The minimum Gasteiger partial charge on any atom is -0.493 e. The van der Waals surface area contributed by atoms with Gasteiger partial charge in [-0.25, -0.2) is 9.78 Å². The molecule has 0 aliphatic heterocycles. The number of hydrogen-bond donors (Lipinski definition) is 1. The zero-order chi connectivity index (χ0) is 18.9. The van der Waals surface area contributed by atoms with Crippen LogP contribution in [0.3, 0.4) is 0 Å². The SMILES string of the molecule is COc1cc(C(=O)OCCNC(=O)c2ccc[nH+]c2)cc(OC)c1OC. The second-order valence-corrected chi connectivity index (χ2v) is 5.10. The number of aromatic amines is 1. The van der Waals surface area contributed by atoms with Gasteiger partial charge in [0.15, 0.2) is 23.9 Å². The fourth-order valence-electron chi connectivity index (χ4n) is 2.23. The van der Waals surface area contributed by atoms with Crippen molar-refractivity contribution in [1.29, 1.82) is 0 Å². The molecule has 0 aliphatic rings. The summed E-state index contributed by atoms with van der Waals surface area (Å²) in [5, 5.41) is 2.66. The molecular weight excluding hydrogens is 340 g/mol. The Morgan fingerprint density at radius 1 is 1.04 bits per heavy atom. The van der Waals surface area contributed by atoms with Gasteiger partial charge in [0.25, 0.3) is 5.91 Å². The zero-order valence-corrected chi connectivity index (χ0v) is 14.8. The molecule has 0 saturated carbocycles. The Balaban J connectivity index is 1.92. The van der Waals surface area contributed by atoms with Crippen LogP contribution < -0.4 is 24.5 Å². The van der Waals surface area contributed by atoms with Crippen molar-refractivity contribution >= 4 is 11.9 Å². The summed E-state index contributed by atoms with van der Waals surface area (Å²) in [7, 11) is 4.40. The van der Waals surface area contributed by atoms with E-state index < -0.39 is 5.97 Å². The molecule has 1 aromatic carbocycles. The molecule has 8 nitrogen and oxygen atoms in total. The van der Waals surface area contributed by atoms with Crippen LogP contribution in [-0.4, -0.2) is 46.4 Å². The maximum Gasteiger partial charge on any atom is 0.338 e. The monoisotopic (exact) mass is 361 g/mol. The summed E-state index contributed by atoms with van der Waals surface area (Å²) >= 11 is 0. The fourth-order valence-corrected chi connectivity index (χ4v) is 2.23. The number of rotatable bonds is 8. The molecule has 138 valence electrons. The number of aromatic nitrogens is 1. The van der Waals surface area contributed by atoms with Gasteiger partial charge in [-0.15, -0.1) is 0 Å². The number of H-pyrrole nitrogens is 1. The van der Waals surface area contributed by atoms with E-state index in [0.717, 1.165) is 0 Å². The van der Waals surface area contributed by atoms with Gasteiger partial charge >= 0.3 is 5.97 Å². The van der Waals surface area contributed by atoms with Crippen LogP contribution in [0.2, 0.25) is 0 Å². The normalized spacial score (nSPS) is 9.96. The summed E-state index contributed by atoms with van der Waals surface area (Å²) in [5.41, 5.74) is 0.743. The van der Waals surface area contributed by atoms with Crippen molar-refractivity contribution in [2.24, 2.45) is 0 Å². The van der Waals surface area contributed by atoms with Crippen LogP contribution >= 0.6 is 0 Å². The van der Waals surface area contributed by atoms with Crippen molar-refractivity contribution in [2.75, 3.05) is 34.5 Å². The van der Waals surface area contributed by atoms with Crippen molar-refractivity contribution in [2.45, 2.75) is 0 Å². The van der Waals surface area contributed by atoms with Crippen LogP contribution in [0.15, 0.2) is 36.7 Å². The predicted octanol–water partition coefficient (Wildman–Crippen LogP) is 1.11. The molecule has 0 aliphatic carbocycles. The number of esters is 1. The lowest BCUT2D eigenvalue weighted by molar-refractivity contribution is -0.378. The number of hydrogen-bond acceptors (Lipinski definition) is 6. The fraction of sp³-hybridized carbons (Fsp3) is 0.278. The number of ether oxygens (including phenoxy) is 4. The van der Waals surface area contributed by atoms with Gasteiger partial charge in [0.1, 0.15) is 12.2 Å². The molecule has 2 aromatic rings. The van der Waals surface area contributed by atoms with Gasteiger partial charge in [-0.2, -0.15) is 0 Å². The first-order valence-electron chi connectivity index (χ1n) is 7.82. The van der Waals surface area contributed by atoms with Gasteiger partial charge in [-0.1, -0.05) is 0 Å². The van der Waals surface area contributed by atoms with Crippen molar-refractivity contribution in [3.63, 3.8) is 0 Å². The van der Waals surface area contributed by atoms with E-state index in [1.807, 2.05) is 0 Å². The lowest BCUT2D eigenvalue weighted by Crippen LogP contribution is -2.28. The number of benzene rings is 1. The van der Waals surface area contributed by atoms with Gasteiger partial charge in [0, 0.05) is 6.07 Å². The topological polar surface area (TPSA) is 97.2 Å². The van der Waals surface area contributed by atoms with E-state index in [2.05, 4.69) is 10.3 Å². The molecule has 0 saturated heterocycles. The highest BCUT2D eigenvalue weighted by molar-refractivity contribution is 5.93. The van der Waals surface area contributed by atoms with E-state index in [4.69, 9.17) is 18.9 Å². The molecule has 26 heavy (non-hydrogen) atoms. The summed E-state index contributed by atoms with van der Waals surface area (Å²) in [4.78, 5) is 26.9. The summed E-state index contributed by atoms with van der Waals surface area (Å²) in [6, 6.07) is 6.40. The standard InChI is InChI=1S/C18H20N2O6/c1-23-14-9-13(10-15(24-2)16(14)25-3)18(22)26-8-7-20-17(21)12-5-4-6-19-11-12/h4-6,9-11H,7-8H2,1-3H3,(H,20,21)/p+1. The molecule has 0 atom stereocenters. The van der Waals surface area contributed by atoms with Crippen LogP contribution in [-0.2, 0) is 4.74 Å². The lowest BCUT2D eigenvalue weighted by atomic mass is 10.2. The van der Waals surface area contributed by atoms with Gasteiger partial charge < -0.3 is 24.3 Å². The van der Waals surface area contributed by atoms with Crippen LogP contribution in [0.5, 0.6) is 17.2 Å². The Hall–Kier alpha value is -3.29. The average molecular weight is 361 g/mol. The van der Waals surface area contributed by atoms with E-state index >= 15 is 0 Å².